The van der Waals surface area contributed by atoms with Crippen molar-refractivity contribution in [3.63, 3.8) is 0 Å². The first-order valence-corrected chi connectivity index (χ1v) is 8.85. The fraction of sp³-hybridized carbons (Fsp3) is 0.263. The third-order valence-electron chi connectivity index (χ3n) is 3.69. The molecule has 0 aliphatic rings. The second-order valence-electron chi connectivity index (χ2n) is 5.91. The van der Waals surface area contributed by atoms with E-state index in [2.05, 4.69) is 10.6 Å². The van der Waals surface area contributed by atoms with Crippen LogP contribution in [0.5, 0.6) is 0 Å². The number of nitrogens with one attached hydrogen (secondary N) is 2. The lowest BCUT2D eigenvalue weighted by Crippen LogP contribution is -2.33. The number of thioether (sulfide) groups is 1. The quantitative estimate of drug-likeness (QED) is 0.737. The monoisotopic (exact) mass is 378 g/mol. The van der Waals surface area contributed by atoms with E-state index in [1.807, 2.05) is 32.9 Å². The van der Waals surface area contributed by atoms with Gasteiger partial charge in [0.05, 0.1) is 6.54 Å². The summed E-state index contributed by atoms with van der Waals surface area (Å²) in [6, 6.07) is 9.74. The van der Waals surface area contributed by atoms with Crippen LogP contribution in [0.2, 0.25) is 0 Å². The van der Waals surface area contributed by atoms with Gasteiger partial charge in [-0.05, 0) is 56.2 Å². The maximum atomic E-state index is 12.3. The van der Waals surface area contributed by atoms with Crippen molar-refractivity contribution in [2.75, 3.05) is 11.9 Å². The van der Waals surface area contributed by atoms with Gasteiger partial charge in [-0.1, -0.05) is 29.5 Å². The fourth-order valence-electron chi connectivity index (χ4n) is 2.61. The standard InChI is InChI=1S/C19H20F2N2O2S/c1-11-8-12(2)17(13(3)9-11)23-16(24)10-22-18(25)14-4-6-15(7-5-14)26-19(20)21/h4-9,19H,10H2,1-3H3,(H,22,25)(H,23,24). The van der Waals surface area contributed by atoms with Gasteiger partial charge in [0, 0.05) is 16.1 Å². The largest absolute Gasteiger partial charge is 0.343 e. The van der Waals surface area contributed by atoms with Crippen LogP contribution in [0.25, 0.3) is 0 Å². The second kappa shape index (κ2) is 8.80. The number of amides is 2. The van der Waals surface area contributed by atoms with Gasteiger partial charge < -0.3 is 10.6 Å². The molecule has 0 radical (unpaired) electrons. The van der Waals surface area contributed by atoms with Crippen LogP contribution in [0.3, 0.4) is 0 Å². The topological polar surface area (TPSA) is 58.2 Å². The van der Waals surface area contributed by atoms with E-state index in [0.717, 1.165) is 22.4 Å². The number of alkyl halides is 2. The molecule has 0 fully saturated rings. The molecule has 4 nitrogen and oxygen atoms in total. The lowest BCUT2D eigenvalue weighted by molar-refractivity contribution is -0.115. The summed E-state index contributed by atoms with van der Waals surface area (Å²) in [4.78, 5) is 24.5. The average molecular weight is 378 g/mol. The number of hydrogen-bond donors (Lipinski definition) is 2. The van der Waals surface area contributed by atoms with Gasteiger partial charge in [0.25, 0.3) is 11.7 Å². The third kappa shape index (κ3) is 5.56. The molecule has 0 heterocycles. The van der Waals surface area contributed by atoms with Crippen LogP contribution in [0.1, 0.15) is 27.0 Å². The lowest BCUT2D eigenvalue weighted by atomic mass is 10.1. The van der Waals surface area contributed by atoms with E-state index in [4.69, 9.17) is 0 Å². The SMILES string of the molecule is Cc1cc(C)c(NC(=O)CNC(=O)c2ccc(SC(F)F)cc2)c(C)c1. The van der Waals surface area contributed by atoms with Crippen molar-refractivity contribution in [3.8, 4) is 0 Å². The Morgan fingerprint density at radius 2 is 1.62 bits per heavy atom. The molecule has 0 atom stereocenters. The summed E-state index contributed by atoms with van der Waals surface area (Å²) >= 11 is 0.413. The fourth-order valence-corrected chi connectivity index (χ4v) is 3.11. The summed E-state index contributed by atoms with van der Waals surface area (Å²) in [7, 11) is 0. The first-order valence-electron chi connectivity index (χ1n) is 7.97. The van der Waals surface area contributed by atoms with Gasteiger partial charge in [0.2, 0.25) is 5.91 Å². The molecular weight excluding hydrogens is 358 g/mol. The van der Waals surface area contributed by atoms with Gasteiger partial charge in [0.15, 0.2) is 0 Å². The van der Waals surface area contributed by atoms with Crippen LogP contribution in [0.15, 0.2) is 41.3 Å². The molecule has 2 rings (SSSR count). The molecule has 0 unspecified atom stereocenters. The Kier molecular flexibility index (Phi) is 6.74. The van der Waals surface area contributed by atoms with Crippen molar-refractivity contribution in [1.82, 2.24) is 5.32 Å². The smallest absolute Gasteiger partial charge is 0.288 e. The van der Waals surface area contributed by atoms with Crippen LogP contribution < -0.4 is 10.6 Å². The molecule has 0 aliphatic carbocycles. The van der Waals surface area contributed by atoms with Crippen LogP contribution in [-0.4, -0.2) is 24.1 Å². The second-order valence-corrected chi connectivity index (χ2v) is 6.97. The van der Waals surface area contributed by atoms with Crippen molar-refractivity contribution in [1.29, 1.82) is 0 Å². The Balaban J connectivity index is 1.92. The molecule has 0 bridgehead atoms. The highest BCUT2D eigenvalue weighted by atomic mass is 32.2. The average Bonchev–Trinajstić information content (AvgIpc) is 2.56. The van der Waals surface area contributed by atoms with E-state index >= 15 is 0 Å². The molecular formula is C19H20F2N2O2S. The zero-order chi connectivity index (χ0) is 19.3. The highest BCUT2D eigenvalue weighted by Crippen LogP contribution is 2.25. The van der Waals surface area contributed by atoms with Crippen molar-refractivity contribution in [2.24, 2.45) is 0 Å². The van der Waals surface area contributed by atoms with Crippen LogP contribution in [0.4, 0.5) is 14.5 Å². The van der Waals surface area contributed by atoms with Gasteiger partial charge in [-0.15, -0.1) is 0 Å². The summed E-state index contributed by atoms with van der Waals surface area (Å²) in [5.74, 6) is -3.28. The number of carbonyl (C=O) groups is 2. The molecule has 7 heteroatoms. The Bertz CT molecular complexity index is 785. The maximum Gasteiger partial charge on any atom is 0.288 e. The molecule has 2 N–H and O–H groups in total. The Labute approximate surface area is 155 Å². The highest BCUT2D eigenvalue weighted by molar-refractivity contribution is 7.99. The summed E-state index contributed by atoms with van der Waals surface area (Å²) in [6.45, 7) is 5.62. The van der Waals surface area contributed by atoms with Gasteiger partial charge >= 0.3 is 0 Å². The van der Waals surface area contributed by atoms with Gasteiger partial charge in [-0.25, -0.2) is 0 Å². The number of carbonyl (C=O) groups excluding carboxylic acids is 2. The van der Waals surface area contributed by atoms with Gasteiger partial charge in [-0.3, -0.25) is 9.59 Å². The molecule has 2 amide bonds. The zero-order valence-corrected chi connectivity index (χ0v) is 15.5. The minimum absolute atomic E-state index is 0.181. The van der Waals surface area contributed by atoms with Crippen molar-refractivity contribution >= 4 is 29.3 Å². The third-order valence-corrected chi connectivity index (χ3v) is 4.42. The van der Waals surface area contributed by atoms with E-state index in [0.29, 0.717) is 22.2 Å². The number of benzene rings is 2. The molecule has 0 saturated heterocycles. The number of anilines is 1. The van der Waals surface area contributed by atoms with E-state index in [1.54, 1.807) is 0 Å². The number of halogens is 2. The normalized spacial score (nSPS) is 10.7. The Morgan fingerprint density at radius 3 is 2.15 bits per heavy atom. The molecule has 138 valence electrons. The lowest BCUT2D eigenvalue weighted by Gasteiger charge is -2.13. The number of hydrogen-bond acceptors (Lipinski definition) is 3. The van der Waals surface area contributed by atoms with E-state index in [1.165, 1.54) is 24.3 Å². The predicted molar refractivity (Wildman–Crippen MR) is 99.9 cm³/mol. The molecule has 0 aromatic heterocycles. The highest BCUT2D eigenvalue weighted by Gasteiger charge is 2.12. The Morgan fingerprint density at radius 1 is 1.04 bits per heavy atom. The number of aryl methyl sites for hydroxylation is 3. The maximum absolute atomic E-state index is 12.3. The molecule has 2 aromatic carbocycles. The first kappa shape index (κ1) is 19.9. The number of rotatable bonds is 6. The van der Waals surface area contributed by atoms with Crippen LogP contribution >= 0.6 is 11.8 Å². The molecule has 0 saturated carbocycles. The van der Waals surface area contributed by atoms with Crippen molar-refractivity contribution in [3.05, 3.63) is 58.7 Å². The molecule has 0 spiro atoms. The van der Waals surface area contributed by atoms with E-state index in [-0.39, 0.29) is 12.5 Å². The zero-order valence-electron chi connectivity index (χ0n) is 14.7. The van der Waals surface area contributed by atoms with E-state index in [9.17, 15) is 18.4 Å². The van der Waals surface area contributed by atoms with Gasteiger partial charge in [0.1, 0.15) is 0 Å². The first-order chi connectivity index (χ1) is 12.3. The van der Waals surface area contributed by atoms with E-state index < -0.39 is 11.7 Å². The summed E-state index contributed by atoms with van der Waals surface area (Å²) in [5.41, 5.74) is 4.06. The summed E-state index contributed by atoms with van der Waals surface area (Å²) < 4.78 is 24.6. The minimum Gasteiger partial charge on any atom is -0.343 e. The van der Waals surface area contributed by atoms with Crippen LogP contribution in [-0.2, 0) is 4.79 Å². The van der Waals surface area contributed by atoms with Gasteiger partial charge in [-0.2, -0.15) is 8.78 Å². The molecule has 0 aliphatic heterocycles. The molecule has 26 heavy (non-hydrogen) atoms. The van der Waals surface area contributed by atoms with Crippen LogP contribution in [0, 0.1) is 20.8 Å². The van der Waals surface area contributed by atoms with Crippen molar-refractivity contribution in [2.45, 2.75) is 31.4 Å². The summed E-state index contributed by atoms with van der Waals surface area (Å²) in [5, 5.41) is 5.33. The predicted octanol–water partition coefficient (Wildman–Crippen LogP) is 4.30. The summed E-state index contributed by atoms with van der Waals surface area (Å²) in [6.07, 6.45) is 0. The minimum atomic E-state index is -2.51. The Hall–Kier alpha value is -2.41. The molecule has 2 aromatic rings. The van der Waals surface area contributed by atoms with Crippen molar-refractivity contribution < 1.29 is 18.4 Å².